The van der Waals surface area contributed by atoms with E-state index in [1.54, 1.807) is 24.7 Å². The van der Waals surface area contributed by atoms with E-state index >= 15 is 0 Å². The Morgan fingerprint density at radius 1 is 1.25 bits per heavy atom. The molecule has 0 aliphatic carbocycles. The Morgan fingerprint density at radius 2 is 2.04 bits per heavy atom. The zero-order chi connectivity index (χ0) is 20.1. The summed E-state index contributed by atoms with van der Waals surface area (Å²) < 4.78 is 4.34. The van der Waals surface area contributed by atoms with Crippen LogP contribution in [0.25, 0.3) is 10.8 Å². The van der Waals surface area contributed by atoms with E-state index in [1.165, 1.54) is 11.9 Å². The molecule has 0 radical (unpaired) electrons. The first-order valence-electron chi connectivity index (χ1n) is 8.42. The SMILES string of the molecule is CN(C)C=NSc1cc(NC(=O)Cc2ccccc2Cl)cc2cnc(Cl)cc12. The van der Waals surface area contributed by atoms with Crippen molar-refractivity contribution < 1.29 is 4.79 Å². The molecule has 1 heterocycles. The normalized spacial score (nSPS) is 11.1. The molecule has 0 spiro atoms. The van der Waals surface area contributed by atoms with Crippen LogP contribution in [0.3, 0.4) is 0 Å². The third-order valence-corrected chi connectivity index (χ3v) is 5.10. The molecule has 0 aliphatic rings. The van der Waals surface area contributed by atoms with Gasteiger partial charge in [0.2, 0.25) is 5.91 Å². The van der Waals surface area contributed by atoms with Crippen LogP contribution >= 0.6 is 35.1 Å². The zero-order valence-corrected chi connectivity index (χ0v) is 17.6. The number of anilines is 1. The van der Waals surface area contributed by atoms with Gasteiger partial charge >= 0.3 is 0 Å². The average molecular weight is 433 g/mol. The Kier molecular flexibility index (Phi) is 6.78. The smallest absolute Gasteiger partial charge is 0.228 e. The van der Waals surface area contributed by atoms with Crippen molar-refractivity contribution in [2.75, 3.05) is 19.4 Å². The molecule has 8 heteroatoms. The van der Waals surface area contributed by atoms with Gasteiger partial charge in [-0.15, -0.1) is 0 Å². The highest BCUT2D eigenvalue weighted by Crippen LogP contribution is 2.33. The minimum Gasteiger partial charge on any atom is -0.368 e. The number of amides is 1. The second-order valence-electron chi connectivity index (χ2n) is 6.29. The third kappa shape index (κ3) is 5.38. The van der Waals surface area contributed by atoms with Gasteiger partial charge in [-0.1, -0.05) is 41.4 Å². The van der Waals surface area contributed by atoms with Crippen LogP contribution in [0.4, 0.5) is 5.69 Å². The molecule has 0 bridgehead atoms. The summed E-state index contributed by atoms with van der Waals surface area (Å²) in [5.41, 5.74) is 1.44. The van der Waals surface area contributed by atoms with Gasteiger partial charge in [0.15, 0.2) is 0 Å². The first-order valence-corrected chi connectivity index (χ1v) is 9.95. The van der Waals surface area contributed by atoms with Crippen molar-refractivity contribution in [3.8, 4) is 0 Å². The van der Waals surface area contributed by atoms with Gasteiger partial charge in [0.05, 0.1) is 12.8 Å². The highest BCUT2D eigenvalue weighted by atomic mass is 35.5. The van der Waals surface area contributed by atoms with Gasteiger partial charge in [0.25, 0.3) is 0 Å². The highest BCUT2D eigenvalue weighted by molar-refractivity contribution is 7.98. The Bertz CT molecular complexity index is 1040. The van der Waals surface area contributed by atoms with Crippen molar-refractivity contribution in [2.24, 2.45) is 4.40 Å². The van der Waals surface area contributed by atoms with Gasteiger partial charge in [-0.25, -0.2) is 9.38 Å². The number of nitrogens with one attached hydrogen (secondary N) is 1. The van der Waals surface area contributed by atoms with Crippen LogP contribution in [0.15, 0.2) is 58.0 Å². The molecule has 1 amide bonds. The number of rotatable bonds is 6. The highest BCUT2D eigenvalue weighted by Gasteiger charge is 2.11. The third-order valence-electron chi connectivity index (χ3n) is 3.79. The fraction of sp³-hybridized carbons (Fsp3) is 0.150. The van der Waals surface area contributed by atoms with E-state index in [2.05, 4.69) is 14.7 Å². The standard InChI is InChI=1S/C20H18Cl2N4OS/c1-26(2)12-24-28-18-9-15(7-14-11-23-19(22)10-16(14)18)25-20(27)8-13-5-3-4-6-17(13)21/h3-7,9-12H,8H2,1-2H3,(H,25,27). The maximum Gasteiger partial charge on any atom is 0.228 e. The Balaban J connectivity index is 1.87. The van der Waals surface area contributed by atoms with Crippen molar-refractivity contribution >= 4 is 63.9 Å². The van der Waals surface area contributed by atoms with Gasteiger partial charge in [-0.05, 0) is 29.8 Å². The second kappa shape index (κ2) is 9.28. The predicted molar refractivity (Wildman–Crippen MR) is 119 cm³/mol. The monoisotopic (exact) mass is 432 g/mol. The van der Waals surface area contributed by atoms with Crippen molar-refractivity contribution in [3.63, 3.8) is 0 Å². The minimum absolute atomic E-state index is 0.151. The lowest BCUT2D eigenvalue weighted by atomic mass is 10.1. The summed E-state index contributed by atoms with van der Waals surface area (Å²) in [4.78, 5) is 19.3. The van der Waals surface area contributed by atoms with Crippen LogP contribution in [-0.4, -0.2) is 36.2 Å². The maximum absolute atomic E-state index is 12.5. The molecule has 0 atom stereocenters. The molecule has 1 aromatic heterocycles. The number of benzene rings is 2. The number of carbonyl (C=O) groups excluding carboxylic acids is 1. The van der Waals surface area contributed by atoms with Crippen molar-refractivity contribution in [1.82, 2.24) is 9.88 Å². The molecular weight excluding hydrogens is 415 g/mol. The van der Waals surface area contributed by atoms with E-state index in [1.807, 2.05) is 49.3 Å². The van der Waals surface area contributed by atoms with Gasteiger partial charge in [0, 0.05) is 58.6 Å². The summed E-state index contributed by atoms with van der Waals surface area (Å²) in [7, 11) is 3.79. The van der Waals surface area contributed by atoms with E-state index < -0.39 is 0 Å². The molecule has 2 aromatic carbocycles. The Morgan fingerprint density at radius 3 is 2.79 bits per heavy atom. The van der Waals surface area contributed by atoms with E-state index in [0.29, 0.717) is 15.9 Å². The largest absolute Gasteiger partial charge is 0.368 e. The molecule has 0 saturated heterocycles. The van der Waals surface area contributed by atoms with Crippen LogP contribution in [0, 0.1) is 0 Å². The van der Waals surface area contributed by atoms with Crippen LogP contribution < -0.4 is 5.32 Å². The van der Waals surface area contributed by atoms with Crippen LogP contribution in [0.2, 0.25) is 10.2 Å². The maximum atomic E-state index is 12.5. The number of pyridine rings is 1. The van der Waals surface area contributed by atoms with Gasteiger partial charge in [-0.2, -0.15) is 0 Å². The lowest BCUT2D eigenvalue weighted by molar-refractivity contribution is -0.115. The van der Waals surface area contributed by atoms with Gasteiger partial charge in [-0.3, -0.25) is 4.79 Å². The summed E-state index contributed by atoms with van der Waals surface area (Å²) in [5, 5.41) is 5.69. The molecule has 3 rings (SSSR count). The number of fused-ring (bicyclic) bond motifs is 1. The number of nitrogens with zero attached hydrogens (tertiary/aromatic N) is 3. The van der Waals surface area contributed by atoms with Crippen LogP contribution in [-0.2, 0) is 11.2 Å². The van der Waals surface area contributed by atoms with E-state index in [4.69, 9.17) is 23.2 Å². The first kappa shape index (κ1) is 20.5. The lowest BCUT2D eigenvalue weighted by Crippen LogP contribution is -2.14. The summed E-state index contributed by atoms with van der Waals surface area (Å²) in [6.45, 7) is 0. The fourth-order valence-corrected chi connectivity index (χ4v) is 3.70. The Labute approximate surface area is 177 Å². The molecule has 5 nitrogen and oxygen atoms in total. The fourth-order valence-electron chi connectivity index (χ4n) is 2.54. The lowest BCUT2D eigenvalue weighted by Gasteiger charge is -2.11. The molecular formula is C20H18Cl2N4OS. The molecule has 0 unspecified atom stereocenters. The van der Waals surface area contributed by atoms with E-state index in [0.717, 1.165) is 21.2 Å². The first-order chi connectivity index (χ1) is 13.4. The number of carbonyl (C=O) groups is 1. The predicted octanol–water partition coefficient (Wildman–Crippen LogP) is 5.32. The molecule has 0 fully saturated rings. The number of hydrogen-bond donors (Lipinski definition) is 1. The number of halogens is 2. The van der Waals surface area contributed by atoms with Crippen LogP contribution in [0.1, 0.15) is 5.56 Å². The summed E-state index contributed by atoms with van der Waals surface area (Å²) in [5.74, 6) is -0.151. The van der Waals surface area contributed by atoms with Crippen molar-refractivity contribution in [2.45, 2.75) is 11.3 Å². The molecule has 0 aliphatic heterocycles. The van der Waals surface area contributed by atoms with E-state index in [-0.39, 0.29) is 12.3 Å². The van der Waals surface area contributed by atoms with Gasteiger partial charge < -0.3 is 10.2 Å². The zero-order valence-electron chi connectivity index (χ0n) is 15.3. The van der Waals surface area contributed by atoms with Crippen molar-refractivity contribution in [1.29, 1.82) is 0 Å². The minimum atomic E-state index is -0.151. The number of hydrogen-bond acceptors (Lipinski definition) is 4. The number of aromatic nitrogens is 1. The average Bonchev–Trinajstić information content (AvgIpc) is 2.64. The van der Waals surface area contributed by atoms with Crippen LogP contribution in [0.5, 0.6) is 0 Å². The van der Waals surface area contributed by atoms with Gasteiger partial charge in [0.1, 0.15) is 5.15 Å². The van der Waals surface area contributed by atoms with E-state index in [9.17, 15) is 4.79 Å². The molecule has 28 heavy (non-hydrogen) atoms. The molecule has 0 saturated carbocycles. The summed E-state index contributed by atoms with van der Waals surface area (Å²) in [6.07, 6.45) is 3.58. The molecule has 144 valence electrons. The van der Waals surface area contributed by atoms with Crippen molar-refractivity contribution in [3.05, 3.63) is 64.4 Å². The molecule has 1 N–H and O–H groups in total. The second-order valence-corrected chi connectivity index (χ2v) is 7.92. The topological polar surface area (TPSA) is 57.6 Å². The molecule has 3 aromatic rings. The summed E-state index contributed by atoms with van der Waals surface area (Å²) in [6, 6.07) is 12.8. The Hall–Kier alpha value is -2.28. The summed E-state index contributed by atoms with van der Waals surface area (Å²) >= 11 is 13.5. The quantitative estimate of drug-likeness (QED) is 0.247.